The Labute approximate surface area is 181 Å². The van der Waals surface area contributed by atoms with Gasteiger partial charge in [0, 0.05) is 6.04 Å². The Morgan fingerprint density at radius 3 is 2.90 bits per heavy atom. The third-order valence-electron chi connectivity index (χ3n) is 5.30. The smallest absolute Gasteiger partial charge is 0.263 e. The number of aromatic nitrogens is 6. The number of nitrogen functional groups attached to an aromatic ring is 1. The largest absolute Gasteiger partial charge is 0.423 e. The molecule has 1 fully saturated rings. The lowest BCUT2D eigenvalue weighted by molar-refractivity contribution is 0.566. The number of nitrogens with zero attached hydrogens (tertiary/aromatic N) is 6. The Kier molecular flexibility index (Phi) is 4.78. The van der Waals surface area contributed by atoms with Gasteiger partial charge in [0.1, 0.15) is 29.4 Å². The Bertz CT molecular complexity index is 1320. The van der Waals surface area contributed by atoms with Crippen molar-refractivity contribution in [3.05, 3.63) is 52.1 Å². The molecule has 4 aromatic rings. The number of nitrogens with two attached hydrogens (primary N) is 1. The van der Waals surface area contributed by atoms with E-state index in [-0.39, 0.29) is 29.4 Å². The van der Waals surface area contributed by atoms with Gasteiger partial charge in [-0.25, -0.2) is 15.0 Å². The molecule has 1 aromatic carbocycles. The Morgan fingerprint density at radius 1 is 1.35 bits per heavy atom. The van der Waals surface area contributed by atoms with Gasteiger partial charge in [-0.1, -0.05) is 24.6 Å². The minimum atomic E-state index is -0.326. The van der Waals surface area contributed by atoms with Crippen LogP contribution in [0.3, 0.4) is 0 Å². The predicted molar refractivity (Wildman–Crippen MR) is 116 cm³/mol. The molecule has 0 aliphatic heterocycles. The number of anilines is 2. The summed E-state index contributed by atoms with van der Waals surface area (Å²) < 4.78 is 7.07. The third kappa shape index (κ3) is 3.38. The van der Waals surface area contributed by atoms with Gasteiger partial charge in [-0.2, -0.15) is 0 Å². The first-order valence-electron chi connectivity index (χ1n) is 9.92. The number of benzene rings is 1. The minimum Gasteiger partial charge on any atom is -0.423 e. The highest BCUT2D eigenvalue weighted by Gasteiger charge is 2.32. The first kappa shape index (κ1) is 19.4. The van der Waals surface area contributed by atoms with Crippen LogP contribution in [0.1, 0.15) is 44.1 Å². The molecule has 158 valence electrons. The van der Waals surface area contributed by atoms with E-state index in [0.29, 0.717) is 39.6 Å². The van der Waals surface area contributed by atoms with E-state index in [9.17, 15) is 4.79 Å². The lowest BCUT2D eigenvalue weighted by Crippen LogP contribution is -2.29. The fraction of sp³-hybridized carbons (Fsp3) is 0.300. The maximum Gasteiger partial charge on any atom is 0.263 e. The van der Waals surface area contributed by atoms with Crippen molar-refractivity contribution in [2.24, 2.45) is 0 Å². The third-order valence-corrected chi connectivity index (χ3v) is 5.61. The molecule has 3 heterocycles. The van der Waals surface area contributed by atoms with Crippen LogP contribution < -0.4 is 16.6 Å². The van der Waals surface area contributed by atoms with Gasteiger partial charge < -0.3 is 15.5 Å². The molecule has 0 bridgehead atoms. The normalized spacial score (nSPS) is 14.6. The van der Waals surface area contributed by atoms with Crippen LogP contribution in [0.25, 0.3) is 22.4 Å². The maximum absolute atomic E-state index is 13.4. The predicted octanol–water partition coefficient (Wildman–Crippen LogP) is 3.37. The lowest BCUT2D eigenvalue weighted by Gasteiger charge is -2.23. The molecule has 0 spiro atoms. The average Bonchev–Trinajstić information content (AvgIpc) is 3.45. The minimum absolute atomic E-state index is 0.109. The van der Waals surface area contributed by atoms with E-state index >= 15 is 0 Å². The molecule has 0 radical (unpaired) electrons. The van der Waals surface area contributed by atoms with Crippen LogP contribution >= 0.6 is 11.6 Å². The number of halogens is 1. The molecule has 11 heteroatoms. The van der Waals surface area contributed by atoms with E-state index in [4.69, 9.17) is 26.7 Å². The number of hydrogen-bond donors (Lipinski definition) is 2. The number of hydrogen-bond acceptors (Lipinski definition) is 9. The molecule has 1 atom stereocenters. The second-order valence-electron chi connectivity index (χ2n) is 7.34. The van der Waals surface area contributed by atoms with Crippen LogP contribution in [0.5, 0.6) is 0 Å². The van der Waals surface area contributed by atoms with Crippen molar-refractivity contribution in [1.29, 1.82) is 0 Å². The Morgan fingerprint density at radius 2 is 2.19 bits per heavy atom. The topological polar surface area (TPSA) is 138 Å². The zero-order valence-corrected chi connectivity index (χ0v) is 17.4. The van der Waals surface area contributed by atoms with Crippen LogP contribution in [-0.4, -0.2) is 29.7 Å². The second-order valence-corrected chi connectivity index (χ2v) is 7.75. The van der Waals surface area contributed by atoms with Gasteiger partial charge in [0.25, 0.3) is 11.4 Å². The quantitative estimate of drug-likeness (QED) is 0.463. The Hall–Kier alpha value is -3.53. The highest BCUT2D eigenvalue weighted by atomic mass is 35.5. The van der Waals surface area contributed by atoms with Gasteiger partial charge in [-0.3, -0.25) is 9.36 Å². The fourth-order valence-corrected chi connectivity index (χ4v) is 3.92. The molecule has 0 saturated heterocycles. The zero-order valence-electron chi connectivity index (χ0n) is 16.6. The summed E-state index contributed by atoms with van der Waals surface area (Å²) in [4.78, 5) is 26.6. The second kappa shape index (κ2) is 7.62. The molecular formula is C20H19ClN8O2. The van der Waals surface area contributed by atoms with Gasteiger partial charge in [-0.15, -0.1) is 10.2 Å². The van der Waals surface area contributed by atoms with Gasteiger partial charge in [0.2, 0.25) is 6.39 Å². The maximum atomic E-state index is 13.4. The molecule has 1 saturated carbocycles. The summed E-state index contributed by atoms with van der Waals surface area (Å²) >= 11 is 6.33. The van der Waals surface area contributed by atoms with Crippen molar-refractivity contribution in [2.45, 2.75) is 38.3 Å². The van der Waals surface area contributed by atoms with E-state index in [2.05, 4.69) is 25.5 Å². The molecular weight excluding hydrogens is 420 g/mol. The van der Waals surface area contributed by atoms with E-state index in [1.807, 2.05) is 6.92 Å². The van der Waals surface area contributed by atoms with Crippen molar-refractivity contribution in [3.8, 4) is 11.5 Å². The monoisotopic (exact) mass is 438 g/mol. The molecule has 10 nitrogen and oxygen atoms in total. The fourth-order valence-electron chi connectivity index (χ4n) is 3.67. The molecule has 1 aliphatic carbocycles. The van der Waals surface area contributed by atoms with Gasteiger partial charge >= 0.3 is 0 Å². The summed E-state index contributed by atoms with van der Waals surface area (Å²) in [5, 5.41) is 11.8. The highest BCUT2D eigenvalue weighted by Crippen LogP contribution is 2.38. The van der Waals surface area contributed by atoms with Crippen LogP contribution in [0, 0.1) is 0 Å². The van der Waals surface area contributed by atoms with Crippen LogP contribution in [0.2, 0.25) is 5.02 Å². The first-order chi connectivity index (χ1) is 15.1. The van der Waals surface area contributed by atoms with Crippen molar-refractivity contribution in [3.63, 3.8) is 0 Å². The van der Waals surface area contributed by atoms with Crippen molar-refractivity contribution < 1.29 is 4.42 Å². The molecule has 3 aromatic heterocycles. The van der Waals surface area contributed by atoms with E-state index in [1.165, 1.54) is 12.7 Å². The summed E-state index contributed by atoms with van der Waals surface area (Å²) in [6.07, 6.45) is 5.05. The summed E-state index contributed by atoms with van der Waals surface area (Å²) in [5.74, 6) is 1.45. The van der Waals surface area contributed by atoms with E-state index in [0.717, 1.165) is 12.8 Å². The average molecular weight is 439 g/mol. The molecule has 5 rings (SSSR count). The molecule has 0 amide bonds. The number of rotatable bonds is 6. The standard InChI is InChI=1S/C20H19ClN8O2/c1-2-12(26-17-15(16(22)23-8-24-17)19-28-25-9-31-19)18-27-13-5-3-4-11(21)14(13)20(30)29(18)10-6-7-10/h3-5,8-10,12H,2,6-7H2,1H3,(H3,22,23,24,26)/t12-/m0/s1. The lowest BCUT2D eigenvalue weighted by atomic mass is 10.1. The summed E-state index contributed by atoms with van der Waals surface area (Å²) in [6, 6.07) is 5.07. The van der Waals surface area contributed by atoms with Crippen LogP contribution in [0.15, 0.2) is 40.1 Å². The van der Waals surface area contributed by atoms with E-state index in [1.54, 1.807) is 22.8 Å². The number of nitrogens with one attached hydrogen (secondary N) is 1. The van der Waals surface area contributed by atoms with Crippen LogP contribution in [0.4, 0.5) is 11.6 Å². The molecule has 31 heavy (non-hydrogen) atoms. The molecule has 1 aliphatic rings. The van der Waals surface area contributed by atoms with Crippen molar-refractivity contribution in [1.82, 2.24) is 29.7 Å². The highest BCUT2D eigenvalue weighted by molar-refractivity contribution is 6.35. The van der Waals surface area contributed by atoms with E-state index < -0.39 is 0 Å². The summed E-state index contributed by atoms with van der Waals surface area (Å²) in [6.45, 7) is 2.00. The van der Waals surface area contributed by atoms with Gasteiger partial charge in [0.15, 0.2) is 0 Å². The van der Waals surface area contributed by atoms with Crippen LogP contribution in [-0.2, 0) is 0 Å². The first-order valence-corrected chi connectivity index (χ1v) is 10.3. The van der Waals surface area contributed by atoms with Crippen molar-refractivity contribution >= 4 is 34.1 Å². The van der Waals surface area contributed by atoms with Crippen molar-refractivity contribution in [2.75, 3.05) is 11.1 Å². The Balaban J connectivity index is 1.65. The SMILES string of the molecule is CC[C@H](Nc1ncnc(N)c1-c1nnco1)c1nc2cccc(Cl)c2c(=O)n1C1CC1. The van der Waals surface area contributed by atoms with Gasteiger partial charge in [-0.05, 0) is 31.4 Å². The number of fused-ring (bicyclic) bond motifs is 1. The zero-order chi connectivity index (χ0) is 21.5. The summed E-state index contributed by atoms with van der Waals surface area (Å²) in [5.41, 5.74) is 6.90. The summed E-state index contributed by atoms with van der Waals surface area (Å²) in [7, 11) is 0. The van der Waals surface area contributed by atoms with Gasteiger partial charge in [0.05, 0.1) is 22.0 Å². The molecule has 0 unspecified atom stereocenters. The molecule has 3 N–H and O–H groups in total.